The Morgan fingerprint density at radius 2 is 2.54 bits per heavy atom. The molecule has 1 heterocycles. The van der Waals surface area contributed by atoms with Crippen LogP contribution < -0.4 is 0 Å². The summed E-state index contributed by atoms with van der Waals surface area (Å²) < 4.78 is 17.4. The SMILES string of the molecule is CC#CCOC(=O)c1sccc1F. The summed E-state index contributed by atoms with van der Waals surface area (Å²) in [6.07, 6.45) is 0. The van der Waals surface area contributed by atoms with E-state index in [0.29, 0.717) is 0 Å². The molecule has 0 atom stereocenters. The fourth-order valence-electron chi connectivity index (χ4n) is 0.679. The van der Waals surface area contributed by atoms with Gasteiger partial charge in [0.05, 0.1) is 0 Å². The van der Waals surface area contributed by atoms with Crippen LogP contribution in [0.5, 0.6) is 0 Å². The van der Waals surface area contributed by atoms with Crippen molar-refractivity contribution in [2.75, 3.05) is 6.61 Å². The Labute approximate surface area is 79.3 Å². The van der Waals surface area contributed by atoms with Crippen molar-refractivity contribution < 1.29 is 13.9 Å². The average Bonchev–Trinajstić information content (AvgIpc) is 2.52. The Balaban J connectivity index is 2.57. The van der Waals surface area contributed by atoms with Gasteiger partial charge < -0.3 is 4.74 Å². The number of esters is 1. The molecule has 0 aliphatic carbocycles. The summed E-state index contributed by atoms with van der Waals surface area (Å²) in [6.45, 7) is 1.65. The van der Waals surface area contributed by atoms with E-state index in [1.807, 2.05) is 0 Å². The monoisotopic (exact) mass is 198 g/mol. The van der Waals surface area contributed by atoms with Crippen LogP contribution in [0.2, 0.25) is 0 Å². The van der Waals surface area contributed by atoms with Gasteiger partial charge in [0.15, 0.2) is 6.61 Å². The molecule has 0 radical (unpaired) electrons. The largest absolute Gasteiger partial charge is 0.448 e. The molecule has 13 heavy (non-hydrogen) atoms. The predicted molar refractivity (Wildman–Crippen MR) is 48.0 cm³/mol. The third kappa shape index (κ3) is 2.56. The minimum Gasteiger partial charge on any atom is -0.448 e. The minimum atomic E-state index is -0.657. The van der Waals surface area contributed by atoms with E-state index < -0.39 is 11.8 Å². The van der Waals surface area contributed by atoms with Crippen molar-refractivity contribution in [3.63, 3.8) is 0 Å². The van der Waals surface area contributed by atoms with E-state index in [1.54, 1.807) is 6.92 Å². The number of hydrogen-bond donors (Lipinski definition) is 0. The third-order valence-corrected chi connectivity index (χ3v) is 2.12. The Morgan fingerprint density at radius 3 is 3.08 bits per heavy atom. The van der Waals surface area contributed by atoms with Crippen molar-refractivity contribution in [1.82, 2.24) is 0 Å². The molecule has 1 aromatic heterocycles. The molecule has 0 saturated carbocycles. The number of thiophene rings is 1. The summed E-state index contributed by atoms with van der Waals surface area (Å²) in [5.41, 5.74) is 0. The number of ether oxygens (including phenoxy) is 1. The highest BCUT2D eigenvalue weighted by atomic mass is 32.1. The first-order valence-electron chi connectivity index (χ1n) is 3.55. The molecular formula is C9H7FO2S. The lowest BCUT2D eigenvalue weighted by atomic mass is 10.4. The van der Waals surface area contributed by atoms with Gasteiger partial charge in [-0.2, -0.15) is 0 Å². The fourth-order valence-corrected chi connectivity index (χ4v) is 1.34. The molecule has 0 amide bonds. The number of carbonyl (C=O) groups is 1. The highest BCUT2D eigenvalue weighted by molar-refractivity contribution is 7.12. The Kier molecular flexibility index (Phi) is 3.47. The topological polar surface area (TPSA) is 26.3 Å². The van der Waals surface area contributed by atoms with Crippen molar-refractivity contribution in [1.29, 1.82) is 0 Å². The molecular weight excluding hydrogens is 191 g/mol. The average molecular weight is 198 g/mol. The van der Waals surface area contributed by atoms with E-state index in [0.717, 1.165) is 11.3 Å². The first-order valence-corrected chi connectivity index (χ1v) is 4.43. The van der Waals surface area contributed by atoms with Gasteiger partial charge in [-0.05, 0) is 18.4 Å². The van der Waals surface area contributed by atoms with Gasteiger partial charge in [0.2, 0.25) is 0 Å². The van der Waals surface area contributed by atoms with Crippen molar-refractivity contribution in [3.8, 4) is 11.8 Å². The molecule has 0 unspecified atom stereocenters. The number of carbonyl (C=O) groups excluding carboxylic acids is 1. The zero-order valence-corrected chi connectivity index (χ0v) is 7.78. The summed E-state index contributed by atoms with van der Waals surface area (Å²) in [7, 11) is 0. The maximum atomic E-state index is 12.8. The van der Waals surface area contributed by atoms with Crippen molar-refractivity contribution in [3.05, 3.63) is 22.1 Å². The Bertz CT molecular complexity index is 359. The van der Waals surface area contributed by atoms with E-state index in [2.05, 4.69) is 16.6 Å². The second-order valence-corrected chi connectivity index (χ2v) is 3.02. The molecule has 0 aliphatic rings. The summed E-state index contributed by atoms with van der Waals surface area (Å²) in [5, 5.41) is 1.50. The lowest BCUT2D eigenvalue weighted by Gasteiger charge is -1.96. The lowest BCUT2D eigenvalue weighted by molar-refractivity contribution is 0.0557. The van der Waals surface area contributed by atoms with Crippen LogP contribution in [-0.2, 0) is 4.74 Å². The normalized spacial score (nSPS) is 8.77. The molecule has 1 rings (SSSR count). The molecule has 68 valence electrons. The van der Waals surface area contributed by atoms with Gasteiger partial charge in [-0.1, -0.05) is 5.92 Å². The van der Waals surface area contributed by atoms with Gasteiger partial charge in [0, 0.05) is 0 Å². The van der Waals surface area contributed by atoms with Crippen molar-refractivity contribution >= 4 is 17.3 Å². The Hall–Kier alpha value is -1.34. The summed E-state index contributed by atoms with van der Waals surface area (Å²) in [4.78, 5) is 11.1. The van der Waals surface area contributed by atoms with Crippen molar-refractivity contribution in [2.24, 2.45) is 0 Å². The third-order valence-electron chi connectivity index (χ3n) is 1.25. The van der Waals surface area contributed by atoms with Gasteiger partial charge in [-0.3, -0.25) is 0 Å². The first kappa shape index (κ1) is 9.75. The zero-order valence-electron chi connectivity index (χ0n) is 6.96. The molecule has 2 nitrogen and oxygen atoms in total. The minimum absolute atomic E-state index is 0.00194. The van der Waals surface area contributed by atoms with Gasteiger partial charge >= 0.3 is 5.97 Å². The number of halogens is 1. The van der Waals surface area contributed by atoms with E-state index in [-0.39, 0.29) is 11.5 Å². The van der Waals surface area contributed by atoms with Crippen LogP contribution >= 0.6 is 11.3 Å². The summed E-state index contributed by atoms with van der Waals surface area (Å²) in [6, 6.07) is 1.23. The Morgan fingerprint density at radius 1 is 1.77 bits per heavy atom. The lowest BCUT2D eigenvalue weighted by Crippen LogP contribution is -2.04. The maximum Gasteiger partial charge on any atom is 0.352 e. The smallest absolute Gasteiger partial charge is 0.352 e. The first-order chi connectivity index (χ1) is 6.25. The van der Waals surface area contributed by atoms with Crippen LogP contribution in [0.25, 0.3) is 0 Å². The van der Waals surface area contributed by atoms with Gasteiger partial charge in [-0.25, -0.2) is 9.18 Å². The molecule has 0 aliphatic heterocycles. The van der Waals surface area contributed by atoms with Gasteiger partial charge in [-0.15, -0.1) is 17.3 Å². The van der Waals surface area contributed by atoms with E-state index in [9.17, 15) is 9.18 Å². The molecule has 0 spiro atoms. The van der Waals surface area contributed by atoms with E-state index >= 15 is 0 Å². The summed E-state index contributed by atoms with van der Waals surface area (Å²) in [5.74, 6) is 3.92. The van der Waals surface area contributed by atoms with Crippen LogP contribution in [0, 0.1) is 17.7 Å². The van der Waals surface area contributed by atoms with E-state index in [4.69, 9.17) is 0 Å². The summed E-state index contributed by atoms with van der Waals surface area (Å²) >= 11 is 1.02. The molecule has 0 aromatic carbocycles. The fraction of sp³-hybridized carbons (Fsp3) is 0.222. The highest BCUT2D eigenvalue weighted by Crippen LogP contribution is 2.15. The number of rotatable bonds is 2. The molecule has 0 saturated heterocycles. The van der Waals surface area contributed by atoms with Crippen LogP contribution in [0.1, 0.15) is 16.6 Å². The number of hydrogen-bond acceptors (Lipinski definition) is 3. The van der Waals surface area contributed by atoms with Gasteiger partial charge in [0.25, 0.3) is 0 Å². The molecule has 4 heteroatoms. The predicted octanol–water partition coefficient (Wildman–Crippen LogP) is 2.07. The highest BCUT2D eigenvalue weighted by Gasteiger charge is 2.13. The van der Waals surface area contributed by atoms with Crippen LogP contribution in [0.4, 0.5) is 4.39 Å². The second-order valence-electron chi connectivity index (χ2n) is 2.10. The van der Waals surface area contributed by atoms with Crippen LogP contribution in [0.15, 0.2) is 11.4 Å². The van der Waals surface area contributed by atoms with Crippen molar-refractivity contribution in [2.45, 2.75) is 6.92 Å². The van der Waals surface area contributed by atoms with Crippen LogP contribution in [-0.4, -0.2) is 12.6 Å². The molecule has 0 fully saturated rings. The quantitative estimate of drug-likeness (QED) is 0.537. The molecule has 1 aromatic rings. The molecule has 0 N–H and O–H groups in total. The van der Waals surface area contributed by atoms with Gasteiger partial charge in [0.1, 0.15) is 10.7 Å². The zero-order chi connectivity index (χ0) is 9.68. The van der Waals surface area contributed by atoms with Crippen LogP contribution in [0.3, 0.4) is 0 Å². The maximum absolute atomic E-state index is 12.8. The standard InChI is InChI=1S/C9H7FO2S/c1-2-3-5-12-9(11)8-7(10)4-6-13-8/h4,6H,5H2,1H3. The van der Waals surface area contributed by atoms with E-state index in [1.165, 1.54) is 11.4 Å². The molecule has 0 bridgehead atoms. The second kappa shape index (κ2) is 4.63.